The van der Waals surface area contributed by atoms with Crippen LogP contribution in [0.15, 0.2) is 48.5 Å². The van der Waals surface area contributed by atoms with Crippen molar-refractivity contribution in [2.45, 2.75) is 26.2 Å². The quantitative estimate of drug-likeness (QED) is 0.806. The van der Waals surface area contributed by atoms with E-state index in [9.17, 15) is 18.8 Å². The van der Waals surface area contributed by atoms with Gasteiger partial charge in [-0.2, -0.15) is 0 Å². The molecule has 0 saturated carbocycles. The van der Waals surface area contributed by atoms with Crippen LogP contribution in [0.1, 0.15) is 35.7 Å². The average Bonchev–Trinajstić information content (AvgIpc) is 2.70. The third kappa shape index (κ3) is 4.82. The van der Waals surface area contributed by atoms with Gasteiger partial charge in [-0.1, -0.05) is 30.3 Å². The highest BCUT2D eigenvalue weighted by Gasteiger charge is 2.27. The lowest BCUT2D eigenvalue weighted by Gasteiger charge is -2.31. The fraction of sp³-hybridized carbons (Fsp3) is 0.318. The number of anilines is 1. The summed E-state index contributed by atoms with van der Waals surface area (Å²) in [4.78, 5) is 38.1. The van der Waals surface area contributed by atoms with Gasteiger partial charge >= 0.3 is 0 Å². The Balaban J connectivity index is 1.52. The molecule has 28 heavy (non-hydrogen) atoms. The van der Waals surface area contributed by atoms with Gasteiger partial charge in [0.1, 0.15) is 5.82 Å². The summed E-state index contributed by atoms with van der Waals surface area (Å²) < 4.78 is 13.7. The first kappa shape index (κ1) is 19.7. The predicted octanol–water partition coefficient (Wildman–Crippen LogP) is 3.45. The van der Waals surface area contributed by atoms with E-state index in [1.807, 2.05) is 0 Å². The first-order valence-corrected chi connectivity index (χ1v) is 9.37. The molecular weight excluding hydrogens is 359 g/mol. The number of rotatable bonds is 5. The number of nitrogens with one attached hydrogen (secondary N) is 1. The van der Waals surface area contributed by atoms with Gasteiger partial charge in [-0.05, 0) is 43.5 Å². The van der Waals surface area contributed by atoms with Crippen molar-refractivity contribution < 1.29 is 18.8 Å². The minimum absolute atomic E-state index is 0.0291. The Morgan fingerprint density at radius 3 is 2.46 bits per heavy atom. The van der Waals surface area contributed by atoms with Gasteiger partial charge in [0.05, 0.1) is 6.42 Å². The van der Waals surface area contributed by atoms with E-state index in [1.165, 1.54) is 13.0 Å². The molecule has 2 aromatic rings. The summed E-state index contributed by atoms with van der Waals surface area (Å²) in [7, 11) is 0. The number of hydrogen-bond donors (Lipinski definition) is 1. The molecule has 2 aromatic carbocycles. The molecule has 1 aliphatic heterocycles. The van der Waals surface area contributed by atoms with Gasteiger partial charge < -0.3 is 10.2 Å². The fourth-order valence-electron chi connectivity index (χ4n) is 3.37. The van der Waals surface area contributed by atoms with Crippen molar-refractivity contribution in [2.75, 3.05) is 18.4 Å². The number of ketones is 1. The van der Waals surface area contributed by atoms with Crippen molar-refractivity contribution in [3.63, 3.8) is 0 Å². The van der Waals surface area contributed by atoms with Gasteiger partial charge in [0, 0.05) is 30.3 Å². The normalized spacial score (nSPS) is 14.6. The smallest absolute Gasteiger partial charge is 0.227 e. The topological polar surface area (TPSA) is 66.5 Å². The summed E-state index contributed by atoms with van der Waals surface area (Å²) in [6.45, 7) is 2.42. The van der Waals surface area contributed by atoms with Crippen molar-refractivity contribution >= 4 is 23.3 Å². The SMILES string of the molecule is CC(=O)c1cccc(NC(=O)C2CCN(C(=O)Cc3ccccc3F)CC2)c1. The zero-order chi connectivity index (χ0) is 20.1. The first-order chi connectivity index (χ1) is 13.4. The van der Waals surface area contributed by atoms with E-state index in [0.717, 1.165) is 0 Å². The molecule has 1 N–H and O–H groups in total. The number of hydrogen-bond acceptors (Lipinski definition) is 3. The van der Waals surface area contributed by atoms with Crippen molar-refractivity contribution in [1.82, 2.24) is 4.90 Å². The molecule has 3 rings (SSSR count). The van der Waals surface area contributed by atoms with Crippen molar-refractivity contribution in [1.29, 1.82) is 0 Å². The third-order valence-electron chi connectivity index (χ3n) is 5.05. The molecule has 6 heteroatoms. The minimum Gasteiger partial charge on any atom is -0.342 e. The van der Waals surface area contributed by atoms with Gasteiger partial charge in [0.25, 0.3) is 0 Å². The van der Waals surface area contributed by atoms with Crippen LogP contribution >= 0.6 is 0 Å². The van der Waals surface area contributed by atoms with Crippen LogP contribution < -0.4 is 5.32 Å². The Morgan fingerprint density at radius 2 is 1.79 bits per heavy atom. The van der Waals surface area contributed by atoms with E-state index in [1.54, 1.807) is 47.4 Å². The third-order valence-corrected chi connectivity index (χ3v) is 5.05. The maximum absolute atomic E-state index is 13.7. The molecule has 1 heterocycles. The summed E-state index contributed by atoms with van der Waals surface area (Å²) >= 11 is 0. The molecule has 0 unspecified atom stereocenters. The molecule has 1 aliphatic rings. The van der Waals surface area contributed by atoms with Crippen molar-refractivity contribution in [2.24, 2.45) is 5.92 Å². The van der Waals surface area contributed by atoms with Crippen molar-refractivity contribution in [3.8, 4) is 0 Å². The second kappa shape index (κ2) is 8.78. The number of carbonyl (C=O) groups is 3. The Kier molecular flexibility index (Phi) is 6.19. The largest absolute Gasteiger partial charge is 0.342 e. The molecule has 2 amide bonds. The number of carbonyl (C=O) groups excluding carboxylic acids is 3. The average molecular weight is 382 g/mol. The van der Waals surface area contributed by atoms with Crippen LogP contribution in [0, 0.1) is 11.7 Å². The first-order valence-electron chi connectivity index (χ1n) is 9.37. The van der Waals surface area contributed by atoms with Gasteiger partial charge in [0.2, 0.25) is 11.8 Å². The molecule has 1 saturated heterocycles. The monoisotopic (exact) mass is 382 g/mol. The molecule has 1 fully saturated rings. The van der Waals surface area contributed by atoms with Crippen LogP contribution in [0.25, 0.3) is 0 Å². The standard InChI is InChI=1S/C22H23FN2O3/c1-15(26)17-6-4-7-19(13-17)24-22(28)16-9-11-25(12-10-16)21(27)14-18-5-2-3-8-20(18)23/h2-8,13,16H,9-12,14H2,1H3,(H,24,28). The number of Topliss-reactive ketones (excluding diaryl/α,β-unsaturated/α-hetero) is 1. The highest BCUT2D eigenvalue weighted by molar-refractivity contribution is 5.97. The second-order valence-corrected chi connectivity index (χ2v) is 7.05. The second-order valence-electron chi connectivity index (χ2n) is 7.05. The molecule has 5 nitrogen and oxygen atoms in total. The van der Waals surface area contributed by atoms with E-state index >= 15 is 0 Å². The number of piperidine rings is 1. The lowest BCUT2D eigenvalue weighted by Crippen LogP contribution is -2.42. The molecular formula is C22H23FN2O3. The van der Waals surface area contributed by atoms with Gasteiger partial charge in [0.15, 0.2) is 5.78 Å². The molecule has 0 spiro atoms. The summed E-state index contributed by atoms with van der Waals surface area (Å²) in [6.07, 6.45) is 1.14. The van der Waals surface area contributed by atoms with Crippen LogP contribution in [-0.2, 0) is 16.0 Å². The summed E-state index contributed by atoms with van der Waals surface area (Å²) in [6, 6.07) is 13.1. The van der Waals surface area contributed by atoms with Gasteiger partial charge in [-0.25, -0.2) is 4.39 Å². The molecule has 0 aromatic heterocycles. The van der Waals surface area contributed by atoms with Crippen molar-refractivity contribution in [3.05, 3.63) is 65.5 Å². The lowest BCUT2D eigenvalue weighted by molar-refractivity contribution is -0.133. The predicted molar refractivity (Wildman–Crippen MR) is 104 cm³/mol. The fourth-order valence-corrected chi connectivity index (χ4v) is 3.37. The molecule has 0 atom stereocenters. The molecule has 0 aliphatic carbocycles. The van der Waals surface area contributed by atoms with Gasteiger partial charge in [-0.3, -0.25) is 14.4 Å². The zero-order valence-corrected chi connectivity index (χ0v) is 15.8. The summed E-state index contributed by atoms with van der Waals surface area (Å²) in [5, 5.41) is 2.85. The highest BCUT2D eigenvalue weighted by Crippen LogP contribution is 2.21. The molecule has 0 radical (unpaired) electrons. The molecule has 146 valence electrons. The van der Waals surface area contributed by atoms with E-state index in [2.05, 4.69) is 5.32 Å². The molecule has 0 bridgehead atoms. The van der Waals surface area contributed by atoms with Gasteiger partial charge in [-0.15, -0.1) is 0 Å². The number of likely N-dealkylation sites (tertiary alicyclic amines) is 1. The Morgan fingerprint density at radius 1 is 1.07 bits per heavy atom. The number of amides is 2. The number of benzene rings is 2. The Bertz CT molecular complexity index is 889. The summed E-state index contributed by atoms with van der Waals surface area (Å²) in [5.74, 6) is -0.866. The Labute approximate surface area is 163 Å². The Hall–Kier alpha value is -3.02. The number of nitrogens with zero attached hydrogens (tertiary/aromatic N) is 1. The highest BCUT2D eigenvalue weighted by atomic mass is 19.1. The van der Waals surface area contributed by atoms with Crippen LogP contribution in [0.5, 0.6) is 0 Å². The maximum atomic E-state index is 13.7. The maximum Gasteiger partial charge on any atom is 0.227 e. The van der Waals surface area contributed by atoms with Crippen LogP contribution in [0.2, 0.25) is 0 Å². The zero-order valence-electron chi connectivity index (χ0n) is 15.8. The van der Waals surface area contributed by atoms with E-state index in [-0.39, 0.29) is 35.8 Å². The van der Waals surface area contributed by atoms with E-state index < -0.39 is 0 Å². The van der Waals surface area contributed by atoms with Crippen LogP contribution in [0.4, 0.5) is 10.1 Å². The lowest BCUT2D eigenvalue weighted by atomic mass is 9.95. The number of halogens is 1. The minimum atomic E-state index is -0.377. The van der Waals surface area contributed by atoms with E-state index in [4.69, 9.17) is 0 Å². The summed E-state index contributed by atoms with van der Waals surface area (Å²) in [5.41, 5.74) is 1.53. The van der Waals surface area contributed by atoms with Crippen LogP contribution in [0.3, 0.4) is 0 Å². The van der Waals surface area contributed by atoms with Crippen LogP contribution in [-0.4, -0.2) is 35.6 Å². The van der Waals surface area contributed by atoms with E-state index in [0.29, 0.717) is 42.7 Å².